The molecule has 1 unspecified atom stereocenters. The Hall–Kier alpha value is -0.940. The summed E-state index contributed by atoms with van der Waals surface area (Å²) in [5.41, 5.74) is 1.02. The normalized spacial score (nSPS) is 19.9. The zero-order valence-electron chi connectivity index (χ0n) is 10.2. The number of amides is 1. The molecule has 1 saturated heterocycles. The summed E-state index contributed by atoms with van der Waals surface area (Å²) in [5.74, 6) is -0.348. The Morgan fingerprint density at radius 2 is 2.39 bits per heavy atom. The first kappa shape index (κ1) is 13.5. The van der Waals surface area contributed by atoms with E-state index in [9.17, 15) is 9.18 Å². The average Bonchev–Trinajstić information content (AvgIpc) is 2.41. The standard InChI is InChI=1S/C13H15BrFNO2/c1-9-6-10(2-3-12(9)15)13(17)16-4-5-18-11(7-14)8-16/h2-3,6,11H,4-5,7-8H2,1H3. The molecular weight excluding hydrogens is 301 g/mol. The van der Waals surface area contributed by atoms with E-state index in [1.165, 1.54) is 12.1 Å². The molecule has 0 radical (unpaired) electrons. The van der Waals surface area contributed by atoms with Gasteiger partial charge in [-0.1, -0.05) is 15.9 Å². The molecule has 1 atom stereocenters. The van der Waals surface area contributed by atoms with Crippen molar-refractivity contribution in [1.29, 1.82) is 0 Å². The predicted molar refractivity (Wildman–Crippen MR) is 70.6 cm³/mol. The quantitative estimate of drug-likeness (QED) is 0.784. The summed E-state index contributed by atoms with van der Waals surface area (Å²) in [7, 11) is 0. The van der Waals surface area contributed by atoms with E-state index in [-0.39, 0.29) is 17.8 Å². The fourth-order valence-electron chi connectivity index (χ4n) is 1.96. The first-order valence-electron chi connectivity index (χ1n) is 5.85. The van der Waals surface area contributed by atoms with Gasteiger partial charge in [-0.2, -0.15) is 0 Å². The minimum atomic E-state index is -0.285. The highest BCUT2D eigenvalue weighted by atomic mass is 79.9. The number of benzene rings is 1. The van der Waals surface area contributed by atoms with Crippen molar-refractivity contribution in [2.75, 3.05) is 25.0 Å². The SMILES string of the molecule is Cc1cc(C(=O)N2CCOC(CBr)C2)ccc1F. The summed E-state index contributed by atoms with van der Waals surface area (Å²) < 4.78 is 18.7. The number of halogens is 2. The van der Waals surface area contributed by atoms with Crippen molar-refractivity contribution in [3.05, 3.63) is 35.1 Å². The van der Waals surface area contributed by atoms with Gasteiger partial charge in [0, 0.05) is 24.0 Å². The van der Waals surface area contributed by atoms with E-state index in [4.69, 9.17) is 4.74 Å². The van der Waals surface area contributed by atoms with E-state index in [1.807, 2.05) is 0 Å². The lowest BCUT2D eigenvalue weighted by molar-refractivity contribution is -0.00965. The molecule has 0 aliphatic carbocycles. The summed E-state index contributed by atoms with van der Waals surface area (Å²) in [6.45, 7) is 3.36. The van der Waals surface area contributed by atoms with E-state index in [1.54, 1.807) is 17.9 Å². The molecule has 98 valence electrons. The van der Waals surface area contributed by atoms with Crippen LogP contribution < -0.4 is 0 Å². The molecule has 2 rings (SSSR count). The second kappa shape index (κ2) is 5.80. The van der Waals surface area contributed by atoms with Crippen LogP contribution in [-0.4, -0.2) is 41.9 Å². The van der Waals surface area contributed by atoms with Crippen molar-refractivity contribution in [3.63, 3.8) is 0 Å². The third kappa shape index (κ3) is 2.90. The topological polar surface area (TPSA) is 29.5 Å². The van der Waals surface area contributed by atoms with Crippen LogP contribution in [0.1, 0.15) is 15.9 Å². The van der Waals surface area contributed by atoms with Crippen LogP contribution in [-0.2, 0) is 4.74 Å². The number of morpholine rings is 1. The van der Waals surface area contributed by atoms with Crippen LogP contribution in [0.15, 0.2) is 18.2 Å². The fourth-order valence-corrected chi connectivity index (χ4v) is 2.35. The maximum Gasteiger partial charge on any atom is 0.254 e. The van der Waals surface area contributed by atoms with E-state index in [2.05, 4.69) is 15.9 Å². The van der Waals surface area contributed by atoms with Crippen molar-refractivity contribution in [1.82, 2.24) is 4.90 Å². The number of hydrogen-bond donors (Lipinski definition) is 0. The van der Waals surface area contributed by atoms with Gasteiger partial charge in [0.15, 0.2) is 0 Å². The van der Waals surface area contributed by atoms with Crippen LogP contribution in [0.5, 0.6) is 0 Å². The number of nitrogens with zero attached hydrogens (tertiary/aromatic N) is 1. The third-order valence-corrected chi connectivity index (χ3v) is 3.73. The zero-order chi connectivity index (χ0) is 13.1. The number of aryl methyl sites for hydroxylation is 1. The second-order valence-corrected chi connectivity index (χ2v) is 5.01. The van der Waals surface area contributed by atoms with Gasteiger partial charge in [0.1, 0.15) is 5.82 Å². The highest BCUT2D eigenvalue weighted by Gasteiger charge is 2.24. The first-order valence-corrected chi connectivity index (χ1v) is 6.97. The lowest BCUT2D eigenvalue weighted by atomic mass is 10.1. The largest absolute Gasteiger partial charge is 0.374 e. The Balaban J connectivity index is 2.12. The van der Waals surface area contributed by atoms with Crippen LogP contribution in [0.3, 0.4) is 0 Å². The summed E-state index contributed by atoms with van der Waals surface area (Å²) in [5, 5.41) is 0.708. The molecule has 0 aromatic heterocycles. The number of rotatable bonds is 2. The molecule has 1 fully saturated rings. The van der Waals surface area contributed by atoms with Gasteiger partial charge < -0.3 is 9.64 Å². The van der Waals surface area contributed by atoms with Crippen molar-refractivity contribution in [2.24, 2.45) is 0 Å². The lowest BCUT2D eigenvalue weighted by Crippen LogP contribution is -2.46. The van der Waals surface area contributed by atoms with Crippen LogP contribution >= 0.6 is 15.9 Å². The van der Waals surface area contributed by atoms with E-state index >= 15 is 0 Å². The lowest BCUT2D eigenvalue weighted by Gasteiger charge is -2.32. The highest BCUT2D eigenvalue weighted by molar-refractivity contribution is 9.09. The fraction of sp³-hybridized carbons (Fsp3) is 0.462. The van der Waals surface area contributed by atoms with Crippen molar-refractivity contribution in [3.8, 4) is 0 Å². The number of hydrogen-bond acceptors (Lipinski definition) is 2. The minimum Gasteiger partial charge on any atom is -0.374 e. The van der Waals surface area contributed by atoms with E-state index in [0.29, 0.717) is 36.2 Å². The molecule has 1 aromatic carbocycles. The Morgan fingerprint density at radius 3 is 3.06 bits per heavy atom. The van der Waals surface area contributed by atoms with Gasteiger partial charge in [-0.25, -0.2) is 4.39 Å². The molecule has 1 aliphatic heterocycles. The monoisotopic (exact) mass is 315 g/mol. The van der Waals surface area contributed by atoms with Crippen molar-refractivity contribution in [2.45, 2.75) is 13.0 Å². The Kier molecular flexibility index (Phi) is 4.35. The summed E-state index contributed by atoms with van der Waals surface area (Å²) >= 11 is 3.35. The van der Waals surface area contributed by atoms with Gasteiger partial charge in [0.25, 0.3) is 5.91 Å². The summed E-state index contributed by atoms with van der Waals surface area (Å²) in [6.07, 6.45) is 0.0317. The second-order valence-electron chi connectivity index (χ2n) is 4.36. The van der Waals surface area contributed by atoms with Crippen molar-refractivity contribution < 1.29 is 13.9 Å². The van der Waals surface area contributed by atoms with Gasteiger partial charge in [-0.05, 0) is 30.7 Å². The maximum absolute atomic E-state index is 13.2. The summed E-state index contributed by atoms with van der Waals surface area (Å²) in [4.78, 5) is 14.0. The minimum absolute atomic E-state index is 0.0317. The molecule has 18 heavy (non-hydrogen) atoms. The highest BCUT2D eigenvalue weighted by Crippen LogP contribution is 2.14. The van der Waals surface area contributed by atoms with Gasteiger partial charge in [0.2, 0.25) is 0 Å². The van der Waals surface area contributed by atoms with Crippen LogP contribution in [0.4, 0.5) is 4.39 Å². The molecule has 0 saturated carbocycles. The third-order valence-electron chi connectivity index (χ3n) is 3.00. The molecule has 1 amide bonds. The molecule has 0 N–H and O–H groups in total. The van der Waals surface area contributed by atoms with Gasteiger partial charge >= 0.3 is 0 Å². The number of carbonyl (C=O) groups excluding carboxylic acids is 1. The molecule has 1 aliphatic rings. The number of alkyl halides is 1. The number of ether oxygens (including phenoxy) is 1. The Morgan fingerprint density at radius 1 is 1.61 bits per heavy atom. The Labute approximate surface area is 114 Å². The molecule has 0 spiro atoms. The molecule has 1 heterocycles. The average molecular weight is 316 g/mol. The van der Waals surface area contributed by atoms with E-state index in [0.717, 1.165) is 0 Å². The molecule has 1 aromatic rings. The van der Waals surface area contributed by atoms with Crippen molar-refractivity contribution >= 4 is 21.8 Å². The van der Waals surface area contributed by atoms with Gasteiger partial charge in [-0.15, -0.1) is 0 Å². The Bertz CT molecular complexity index is 453. The molecule has 3 nitrogen and oxygen atoms in total. The number of carbonyl (C=O) groups is 1. The molecule has 5 heteroatoms. The summed E-state index contributed by atoms with van der Waals surface area (Å²) in [6, 6.07) is 4.46. The first-order chi connectivity index (χ1) is 8.61. The van der Waals surface area contributed by atoms with Crippen LogP contribution in [0, 0.1) is 12.7 Å². The molecular formula is C13H15BrFNO2. The van der Waals surface area contributed by atoms with Crippen LogP contribution in [0.25, 0.3) is 0 Å². The smallest absolute Gasteiger partial charge is 0.254 e. The maximum atomic E-state index is 13.2. The van der Waals surface area contributed by atoms with Crippen LogP contribution in [0.2, 0.25) is 0 Å². The predicted octanol–water partition coefficient (Wildman–Crippen LogP) is 2.37. The van der Waals surface area contributed by atoms with E-state index < -0.39 is 0 Å². The van der Waals surface area contributed by atoms with Gasteiger partial charge in [0.05, 0.1) is 12.7 Å². The van der Waals surface area contributed by atoms with Gasteiger partial charge in [-0.3, -0.25) is 4.79 Å². The zero-order valence-corrected chi connectivity index (χ0v) is 11.7. The molecule has 0 bridgehead atoms.